The van der Waals surface area contributed by atoms with E-state index in [0.29, 0.717) is 5.46 Å². The second-order valence-electron chi connectivity index (χ2n) is 3.33. The largest absolute Gasteiger partial charge is 1.00 e. The van der Waals surface area contributed by atoms with Gasteiger partial charge in [-0.05, 0) is 17.4 Å². The van der Waals surface area contributed by atoms with E-state index in [4.69, 9.17) is 10.0 Å². The molecule has 0 saturated carbocycles. The van der Waals surface area contributed by atoms with Gasteiger partial charge in [0.05, 0.1) is 0 Å². The van der Waals surface area contributed by atoms with Crippen LogP contribution >= 0.6 is 0 Å². The third-order valence-corrected chi connectivity index (χ3v) is 2.01. The maximum Gasteiger partial charge on any atom is 1.00 e. The zero-order valence-electron chi connectivity index (χ0n) is 10.6. The molecule has 16 heavy (non-hydrogen) atoms. The van der Waals surface area contributed by atoms with Gasteiger partial charge in [0.1, 0.15) is 0 Å². The van der Waals surface area contributed by atoms with Gasteiger partial charge in [-0.1, -0.05) is 44.5 Å². The van der Waals surface area contributed by atoms with Crippen molar-refractivity contribution in [2.24, 2.45) is 0 Å². The minimum Gasteiger partial charge on any atom is -0.423 e. The molecular formula is C12H20BLiO2. The molecule has 0 fully saturated rings. The van der Waals surface area contributed by atoms with Crippen molar-refractivity contribution in [3.8, 4) is 0 Å². The number of hydrogen-bond donors (Lipinski definition) is 2. The molecule has 84 valence electrons. The molecule has 1 aromatic rings. The summed E-state index contributed by atoms with van der Waals surface area (Å²) in [5, 5.41) is 17.6. The van der Waals surface area contributed by atoms with Crippen LogP contribution in [0.3, 0.4) is 0 Å². The molecule has 0 aliphatic carbocycles. The van der Waals surface area contributed by atoms with Gasteiger partial charge in [0, 0.05) is 0 Å². The second kappa shape index (κ2) is 11.3. The Morgan fingerprint density at radius 3 is 2.19 bits per heavy atom. The predicted molar refractivity (Wildman–Crippen MR) is 65.9 cm³/mol. The van der Waals surface area contributed by atoms with Crippen LogP contribution in [-0.2, 0) is 6.42 Å². The number of unbranched alkanes of at least 4 members (excludes halogenated alkanes) is 1. The summed E-state index contributed by atoms with van der Waals surface area (Å²) in [6.45, 7) is 7.75. The van der Waals surface area contributed by atoms with Gasteiger partial charge in [0.15, 0.2) is 0 Å². The van der Waals surface area contributed by atoms with Crippen molar-refractivity contribution in [1.29, 1.82) is 0 Å². The van der Waals surface area contributed by atoms with Crippen LogP contribution in [-0.4, -0.2) is 17.2 Å². The van der Waals surface area contributed by atoms with Crippen LogP contribution < -0.4 is 24.3 Å². The van der Waals surface area contributed by atoms with Gasteiger partial charge >= 0.3 is 26.0 Å². The van der Waals surface area contributed by atoms with E-state index in [1.807, 2.05) is 19.1 Å². The molecule has 1 rings (SSSR count). The quantitative estimate of drug-likeness (QED) is 0.477. The van der Waals surface area contributed by atoms with E-state index >= 15 is 0 Å². The van der Waals surface area contributed by atoms with E-state index in [1.165, 1.54) is 6.42 Å². The van der Waals surface area contributed by atoms with Crippen LogP contribution in [0.5, 0.6) is 0 Å². The van der Waals surface area contributed by atoms with Crippen molar-refractivity contribution in [3.63, 3.8) is 0 Å². The Hall–Kier alpha value is -0.198. The maximum atomic E-state index is 8.80. The fourth-order valence-electron chi connectivity index (χ4n) is 0.974. The first-order valence-electron chi connectivity index (χ1n) is 5.39. The van der Waals surface area contributed by atoms with Crippen molar-refractivity contribution in [2.45, 2.75) is 33.1 Å². The molecule has 4 heteroatoms. The number of aryl methyl sites for hydroxylation is 1. The van der Waals surface area contributed by atoms with Crippen LogP contribution in [0.1, 0.15) is 32.3 Å². The number of hydrogen-bond acceptors (Lipinski definition) is 2. The molecule has 0 spiro atoms. The van der Waals surface area contributed by atoms with Crippen LogP contribution in [0, 0.1) is 6.92 Å². The van der Waals surface area contributed by atoms with E-state index in [2.05, 4.69) is 13.8 Å². The Bertz CT molecular complexity index is 265. The molecule has 0 aliphatic heterocycles. The molecule has 0 radical (unpaired) electrons. The molecule has 1 aromatic carbocycles. The summed E-state index contributed by atoms with van der Waals surface area (Å²) < 4.78 is 0. The van der Waals surface area contributed by atoms with Crippen molar-refractivity contribution in [3.05, 3.63) is 36.8 Å². The second-order valence-corrected chi connectivity index (χ2v) is 3.33. The third kappa shape index (κ3) is 8.01. The molecular weight excluding hydrogens is 194 g/mol. The fourth-order valence-corrected chi connectivity index (χ4v) is 0.974. The van der Waals surface area contributed by atoms with Crippen molar-refractivity contribution < 1.29 is 28.9 Å². The average molecular weight is 214 g/mol. The van der Waals surface area contributed by atoms with Crippen molar-refractivity contribution >= 4 is 12.6 Å². The first-order chi connectivity index (χ1) is 7.15. The summed E-state index contributed by atoms with van der Waals surface area (Å²) in [5.74, 6) is 0. The number of benzene rings is 1. The van der Waals surface area contributed by atoms with Gasteiger partial charge in [0.25, 0.3) is 0 Å². The van der Waals surface area contributed by atoms with Gasteiger partial charge < -0.3 is 17.0 Å². The molecule has 0 saturated heterocycles. The van der Waals surface area contributed by atoms with Crippen LogP contribution in [0.25, 0.3) is 0 Å². The molecule has 0 aromatic heterocycles. The number of rotatable bonds is 3. The van der Waals surface area contributed by atoms with Gasteiger partial charge in [-0.25, -0.2) is 0 Å². The summed E-state index contributed by atoms with van der Waals surface area (Å²) >= 11 is 0. The van der Waals surface area contributed by atoms with Crippen LogP contribution in [0.2, 0.25) is 0 Å². The van der Waals surface area contributed by atoms with Gasteiger partial charge in [0.2, 0.25) is 0 Å². The first kappa shape index (κ1) is 18.2. The molecule has 0 heterocycles. The summed E-state index contributed by atoms with van der Waals surface area (Å²) in [4.78, 5) is 0. The van der Waals surface area contributed by atoms with E-state index < -0.39 is 7.12 Å². The van der Waals surface area contributed by atoms with Gasteiger partial charge in [-0.2, -0.15) is 6.42 Å². The molecule has 2 nitrogen and oxygen atoms in total. The van der Waals surface area contributed by atoms with Crippen LogP contribution in [0.4, 0.5) is 0 Å². The molecule has 0 bridgehead atoms. The van der Waals surface area contributed by atoms with E-state index in [9.17, 15) is 0 Å². The Morgan fingerprint density at radius 1 is 1.25 bits per heavy atom. The maximum absolute atomic E-state index is 8.80. The van der Waals surface area contributed by atoms with Crippen molar-refractivity contribution in [2.75, 3.05) is 0 Å². The Kier molecular flexibility index (Phi) is 12.8. The van der Waals surface area contributed by atoms with Crippen molar-refractivity contribution in [1.82, 2.24) is 0 Å². The zero-order valence-corrected chi connectivity index (χ0v) is 10.6. The molecule has 0 atom stereocenters. The monoisotopic (exact) mass is 214 g/mol. The Morgan fingerprint density at radius 2 is 1.81 bits per heavy atom. The normalized spacial score (nSPS) is 8.56. The Labute approximate surface area is 111 Å². The summed E-state index contributed by atoms with van der Waals surface area (Å²) in [6.07, 6.45) is 3.20. The minimum absolute atomic E-state index is 0. The topological polar surface area (TPSA) is 40.5 Å². The zero-order chi connectivity index (χ0) is 11.7. The molecule has 2 N–H and O–H groups in total. The fraction of sp³-hybridized carbons (Fsp3) is 0.417. The minimum atomic E-state index is -1.35. The Balaban J connectivity index is 0. The van der Waals surface area contributed by atoms with E-state index in [-0.39, 0.29) is 18.9 Å². The summed E-state index contributed by atoms with van der Waals surface area (Å²) in [7, 11) is -1.35. The van der Waals surface area contributed by atoms with Crippen LogP contribution in [0.15, 0.2) is 24.3 Å². The third-order valence-electron chi connectivity index (χ3n) is 2.01. The molecule has 0 unspecified atom stereocenters. The smallest absolute Gasteiger partial charge is 0.423 e. The van der Waals surface area contributed by atoms with Gasteiger partial charge in [-0.3, -0.25) is 0 Å². The summed E-state index contributed by atoms with van der Waals surface area (Å²) in [6, 6.07) is 7.29. The predicted octanol–water partition coefficient (Wildman–Crippen LogP) is -1.45. The van der Waals surface area contributed by atoms with E-state index in [0.717, 1.165) is 18.4 Å². The first-order valence-corrected chi connectivity index (χ1v) is 5.39. The van der Waals surface area contributed by atoms with E-state index in [1.54, 1.807) is 12.1 Å². The summed E-state index contributed by atoms with van der Waals surface area (Å²) in [5.41, 5.74) is 1.68. The molecule has 0 amide bonds. The molecule has 0 aliphatic rings. The standard InChI is InChI=1S/C8H11BO2.C4H9.Li/c1-2-7-4-3-5-8(6-7)9(10)11;1-3-4-2;/h3-6,10-11H,2H2,1H3;1,3-4H2,2H3;/q;-1;+1. The average Bonchev–Trinajstić information content (AvgIpc) is 2.29. The van der Waals surface area contributed by atoms with Gasteiger partial charge in [-0.15, -0.1) is 0 Å². The SMILES string of the molecule is CCc1cccc(B(O)O)c1.[CH2-]CCC.[Li+].